The van der Waals surface area contributed by atoms with Crippen LogP contribution in [0.2, 0.25) is 5.02 Å². The van der Waals surface area contributed by atoms with Crippen LogP contribution >= 0.6 is 11.6 Å². The molecule has 2 N–H and O–H groups in total. The molecule has 0 aliphatic carbocycles. The van der Waals surface area contributed by atoms with Crippen LogP contribution in [0.4, 0.5) is 18.9 Å². The number of nitrogens with one attached hydrogen (secondary N) is 2. The molecule has 166 valence electrons. The van der Waals surface area contributed by atoms with Gasteiger partial charge in [0.05, 0.1) is 27.9 Å². The maximum Gasteiger partial charge on any atom is 0.417 e. The predicted molar refractivity (Wildman–Crippen MR) is 115 cm³/mol. The highest BCUT2D eigenvalue weighted by Crippen LogP contribution is 2.31. The predicted octanol–water partition coefficient (Wildman–Crippen LogP) is 4.92. The lowest BCUT2D eigenvalue weighted by atomic mass is 10.1. The average Bonchev–Trinajstić information content (AvgIpc) is 2.74. The van der Waals surface area contributed by atoms with Crippen LogP contribution < -0.4 is 10.1 Å². The zero-order valence-corrected chi connectivity index (χ0v) is 17.7. The Balaban J connectivity index is 1.80. The Hall–Kier alpha value is -3.37. The van der Waals surface area contributed by atoms with Crippen LogP contribution in [-0.4, -0.2) is 20.5 Å². The second-order valence-corrected chi connectivity index (χ2v) is 8.51. The van der Waals surface area contributed by atoms with E-state index in [0.717, 1.165) is 12.3 Å². The van der Waals surface area contributed by atoms with Gasteiger partial charge in [0.2, 0.25) is 0 Å². The fourth-order valence-electron chi connectivity index (χ4n) is 2.68. The van der Waals surface area contributed by atoms with E-state index in [4.69, 9.17) is 11.6 Å². The summed E-state index contributed by atoms with van der Waals surface area (Å²) in [6.07, 6.45) is -3.72. The van der Waals surface area contributed by atoms with E-state index in [2.05, 4.69) is 15.2 Å². The first-order chi connectivity index (χ1) is 15.1. The molecule has 0 fully saturated rings. The maximum absolute atomic E-state index is 13.1. The summed E-state index contributed by atoms with van der Waals surface area (Å²) >= 11 is 5.77. The summed E-state index contributed by atoms with van der Waals surface area (Å²) in [7, 11) is -4.02. The third kappa shape index (κ3) is 5.65. The minimum absolute atomic E-state index is 0.0363. The summed E-state index contributed by atoms with van der Waals surface area (Å²) < 4.78 is 66.7. The number of hydrazone groups is 1. The molecule has 0 aromatic heterocycles. The lowest BCUT2D eigenvalue weighted by Gasteiger charge is -2.12. The van der Waals surface area contributed by atoms with Gasteiger partial charge in [-0.05, 0) is 42.5 Å². The monoisotopic (exact) mass is 481 g/mol. The lowest BCUT2D eigenvalue weighted by molar-refractivity contribution is -0.137. The number of alkyl halides is 3. The van der Waals surface area contributed by atoms with Gasteiger partial charge in [-0.15, -0.1) is 0 Å². The van der Waals surface area contributed by atoms with Crippen molar-refractivity contribution >= 4 is 39.4 Å². The number of para-hydroxylation sites is 1. The quantitative estimate of drug-likeness (QED) is 0.387. The Morgan fingerprint density at radius 1 is 0.938 bits per heavy atom. The summed E-state index contributed by atoms with van der Waals surface area (Å²) in [6.45, 7) is 0. The molecule has 3 aromatic rings. The second-order valence-electron chi connectivity index (χ2n) is 6.39. The first kappa shape index (κ1) is 23.3. The number of benzene rings is 3. The van der Waals surface area contributed by atoms with Crippen molar-refractivity contribution in [3.05, 3.63) is 94.5 Å². The molecule has 1 amide bonds. The topological polar surface area (TPSA) is 87.6 Å². The van der Waals surface area contributed by atoms with Crippen LogP contribution in [0.5, 0.6) is 0 Å². The van der Waals surface area contributed by atoms with Gasteiger partial charge in [0.15, 0.2) is 0 Å². The Morgan fingerprint density at radius 2 is 1.56 bits per heavy atom. The Kier molecular flexibility index (Phi) is 6.85. The average molecular weight is 482 g/mol. The number of halogens is 4. The summed E-state index contributed by atoms with van der Waals surface area (Å²) in [5, 5.41) is 3.94. The lowest BCUT2D eigenvalue weighted by Crippen LogP contribution is -2.21. The number of amides is 1. The van der Waals surface area contributed by atoms with Crippen LogP contribution in [-0.2, 0) is 16.2 Å². The van der Waals surface area contributed by atoms with Gasteiger partial charge in [0.1, 0.15) is 0 Å². The standard InChI is InChI=1S/C21H15ClF3N3O3S/c22-15-9-11-16(12-10-15)32(30,31)28-19-8-4-2-6-17(19)20(29)27-26-13-14-5-1-3-7-18(14)21(23,24)25/h1-13,28H,(H,27,29)/b26-13+. The molecular weight excluding hydrogens is 467 g/mol. The van der Waals surface area contributed by atoms with Crippen molar-refractivity contribution in [2.75, 3.05) is 4.72 Å². The van der Waals surface area contributed by atoms with Crippen molar-refractivity contribution < 1.29 is 26.4 Å². The molecule has 0 saturated heterocycles. The Labute approximate surface area is 186 Å². The number of sulfonamides is 1. The van der Waals surface area contributed by atoms with Gasteiger partial charge in [0.25, 0.3) is 15.9 Å². The van der Waals surface area contributed by atoms with E-state index in [1.807, 2.05) is 0 Å². The molecule has 0 atom stereocenters. The van der Waals surface area contributed by atoms with Crippen LogP contribution in [0.15, 0.2) is 82.8 Å². The summed E-state index contributed by atoms with van der Waals surface area (Å²) in [4.78, 5) is 12.4. The minimum atomic E-state index is -4.58. The van der Waals surface area contributed by atoms with Crippen molar-refractivity contribution in [2.24, 2.45) is 5.10 Å². The van der Waals surface area contributed by atoms with E-state index in [1.165, 1.54) is 66.7 Å². The number of carbonyl (C=O) groups excluding carboxylic acids is 1. The normalized spacial score (nSPS) is 12.0. The molecule has 6 nitrogen and oxygen atoms in total. The molecule has 0 aliphatic heterocycles. The third-order valence-corrected chi connectivity index (χ3v) is 5.81. The summed E-state index contributed by atoms with van der Waals surface area (Å²) in [6, 6.07) is 15.9. The molecular formula is C21H15ClF3N3O3S. The van der Waals surface area contributed by atoms with Crippen LogP contribution in [0.25, 0.3) is 0 Å². The number of rotatable bonds is 6. The molecule has 11 heteroatoms. The number of hydrogen-bond donors (Lipinski definition) is 2. The second kappa shape index (κ2) is 9.41. The zero-order chi connectivity index (χ0) is 23.4. The fraction of sp³-hybridized carbons (Fsp3) is 0.0476. The molecule has 3 aromatic carbocycles. The first-order valence-electron chi connectivity index (χ1n) is 8.95. The SMILES string of the molecule is O=C(N/N=C/c1ccccc1C(F)(F)F)c1ccccc1NS(=O)(=O)c1ccc(Cl)cc1. The van der Waals surface area contributed by atoms with Gasteiger partial charge in [-0.3, -0.25) is 9.52 Å². The van der Waals surface area contributed by atoms with Crippen molar-refractivity contribution in [3.63, 3.8) is 0 Å². The molecule has 32 heavy (non-hydrogen) atoms. The minimum Gasteiger partial charge on any atom is -0.279 e. The Morgan fingerprint density at radius 3 is 2.25 bits per heavy atom. The van der Waals surface area contributed by atoms with Crippen LogP contribution in [0, 0.1) is 0 Å². The molecule has 0 bridgehead atoms. The molecule has 0 aliphatic rings. The van der Waals surface area contributed by atoms with E-state index >= 15 is 0 Å². The highest BCUT2D eigenvalue weighted by atomic mass is 35.5. The zero-order valence-electron chi connectivity index (χ0n) is 16.1. The molecule has 3 rings (SSSR count). The van der Waals surface area contributed by atoms with Gasteiger partial charge >= 0.3 is 6.18 Å². The van der Waals surface area contributed by atoms with E-state index in [-0.39, 0.29) is 21.7 Å². The first-order valence-corrected chi connectivity index (χ1v) is 10.8. The van der Waals surface area contributed by atoms with Gasteiger partial charge in [-0.2, -0.15) is 18.3 Å². The van der Waals surface area contributed by atoms with Crippen LogP contribution in [0.3, 0.4) is 0 Å². The summed E-state index contributed by atoms with van der Waals surface area (Å²) in [5.41, 5.74) is 0.850. The van der Waals surface area contributed by atoms with E-state index in [1.54, 1.807) is 0 Å². The van der Waals surface area contributed by atoms with Gasteiger partial charge in [-0.25, -0.2) is 13.8 Å². The highest BCUT2D eigenvalue weighted by Gasteiger charge is 2.32. The number of anilines is 1. The molecule has 0 unspecified atom stereocenters. The van der Waals surface area contributed by atoms with Gasteiger partial charge in [0, 0.05) is 10.6 Å². The summed E-state index contributed by atoms with van der Waals surface area (Å²) in [5.74, 6) is -0.819. The van der Waals surface area contributed by atoms with E-state index in [9.17, 15) is 26.4 Å². The number of hydrogen-bond acceptors (Lipinski definition) is 4. The number of nitrogens with zero attached hydrogens (tertiary/aromatic N) is 1. The van der Waals surface area contributed by atoms with Crippen molar-refractivity contribution in [3.8, 4) is 0 Å². The highest BCUT2D eigenvalue weighted by molar-refractivity contribution is 7.92. The van der Waals surface area contributed by atoms with Crippen LogP contribution in [0.1, 0.15) is 21.5 Å². The largest absolute Gasteiger partial charge is 0.417 e. The fourth-order valence-corrected chi connectivity index (χ4v) is 3.88. The molecule has 0 heterocycles. The molecule has 0 radical (unpaired) electrons. The third-order valence-electron chi connectivity index (χ3n) is 4.18. The van der Waals surface area contributed by atoms with E-state index < -0.39 is 27.7 Å². The number of carbonyl (C=O) groups is 1. The van der Waals surface area contributed by atoms with Crippen molar-refractivity contribution in [1.29, 1.82) is 0 Å². The molecule has 0 saturated carbocycles. The van der Waals surface area contributed by atoms with Crippen molar-refractivity contribution in [1.82, 2.24) is 5.43 Å². The van der Waals surface area contributed by atoms with Gasteiger partial charge < -0.3 is 0 Å². The maximum atomic E-state index is 13.1. The van der Waals surface area contributed by atoms with Crippen molar-refractivity contribution in [2.45, 2.75) is 11.1 Å². The Bertz CT molecular complexity index is 1260. The van der Waals surface area contributed by atoms with Gasteiger partial charge in [-0.1, -0.05) is 41.9 Å². The molecule has 0 spiro atoms. The van der Waals surface area contributed by atoms with E-state index in [0.29, 0.717) is 5.02 Å². The smallest absolute Gasteiger partial charge is 0.279 e.